The second-order valence-corrected chi connectivity index (χ2v) is 11.1. The Labute approximate surface area is 290 Å². The van der Waals surface area contributed by atoms with Crippen molar-refractivity contribution in [1.29, 1.82) is 0 Å². The number of hydrogen-bond acceptors (Lipinski definition) is 19. The number of aliphatic hydroxyl groups is 1. The van der Waals surface area contributed by atoms with Crippen LogP contribution in [0.4, 0.5) is 0 Å². The third-order valence-corrected chi connectivity index (χ3v) is 7.49. The first-order valence-electron chi connectivity index (χ1n) is 14.7. The molecule has 0 bridgehead atoms. The lowest BCUT2D eigenvalue weighted by Crippen LogP contribution is -2.62. The van der Waals surface area contributed by atoms with Crippen LogP contribution in [0, 0.1) is 0 Å². The van der Waals surface area contributed by atoms with E-state index in [1.54, 1.807) is 0 Å². The maximum Gasteiger partial charge on any atom is 0.339 e. The molecular weight excluding hydrogens is 700 g/mol. The Hall–Kier alpha value is -6.99. The number of benzene rings is 4. The molecule has 11 N–H and O–H groups in total. The molecule has 19 heteroatoms. The van der Waals surface area contributed by atoms with E-state index in [0.717, 1.165) is 12.1 Å². The van der Waals surface area contributed by atoms with Crippen LogP contribution >= 0.6 is 0 Å². The molecule has 0 radical (unpaired) electrons. The van der Waals surface area contributed by atoms with Gasteiger partial charge in [0.25, 0.3) is 0 Å². The molecule has 5 unspecified atom stereocenters. The van der Waals surface area contributed by atoms with Gasteiger partial charge < -0.3 is 79.9 Å². The number of aliphatic hydroxyl groups excluding tert-OH is 1. The van der Waals surface area contributed by atoms with Crippen molar-refractivity contribution in [2.45, 2.75) is 30.7 Å². The van der Waals surface area contributed by atoms with Gasteiger partial charge in [0.15, 0.2) is 64.0 Å². The molecule has 0 aromatic heterocycles. The largest absolute Gasteiger partial charge is 0.508 e. The molecule has 0 saturated carbocycles. The number of esters is 3. The summed E-state index contributed by atoms with van der Waals surface area (Å²) >= 11 is 0. The van der Waals surface area contributed by atoms with Crippen LogP contribution in [0.5, 0.6) is 63.2 Å². The highest BCUT2D eigenvalue weighted by Gasteiger charge is 2.51. The predicted molar refractivity (Wildman–Crippen MR) is 166 cm³/mol. The molecule has 1 aliphatic rings. The topological polar surface area (TPSA) is 320 Å². The Morgan fingerprint density at radius 2 is 0.942 bits per heavy atom. The highest BCUT2D eigenvalue weighted by atomic mass is 16.7. The third-order valence-electron chi connectivity index (χ3n) is 7.49. The maximum absolute atomic E-state index is 13.2. The first kappa shape index (κ1) is 36.3. The zero-order chi connectivity index (χ0) is 38.0. The smallest absolute Gasteiger partial charge is 0.339 e. The zero-order valence-electron chi connectivity index (χ0n) is 26.1. The Kier molecular flexibility index (Phi) is 10.1. The summed E-state index contributed by atoms with van der Waals surface area (Å²) in [5, 5.41) is 110. The molecular formula is C33H28O19. The van der Waals surface area contributed by atoms with Gasteiger partial charge in [-0.1, -0.05) is 0 Å². The summed E-state index contributed by atoms with van der Waals surface area (Å²) < 4.78 is 27.7. The molecule has 0 amide bonds. The Balaban J connectivity index is 1.50. The van der Waals surface area contributed by atoms with Gasteiger partial charge in [0.1, 0.15) is 30.3 Å². The van der Waals surface area contributed by atoms with E-state index in [2.05, 4.69) is 0 Å². The third kappa shape index (κ3) is 7.59. The molecule has 274 valence electrons. The fourth-order valence-electron chi connectivity index (χ4n) is 4.84. The van der Waals surface area contributed by atoms with Gasteiger partial charge in [-0.15, -0.1) is 0 Å². The van der Waals surface area contributed by atoms with Gasteiger partial charge in [-0.25, -0.2) is 14.4 Å². The monoisotopic (exact) mass is 728 g/mol. The van der Waals surface area contributed by atoms with Crippen LogP contribution in [-0.2, 0) is 18.9 Å². The van der Waals surface area contributed by atoms with Gasteiger partial charge in [0.05, 0.1) is 16.7 Å². The lowest BCUT2D eigenvalue weighted by Gasteiger charge is -2.42. The summed E-state index contributed by atoms with van der Waals surface area (Å²) in [6, 6.07) is 9.22. The van der Waals surface area contributed by atoms with Crippen LogP contribution in [-0.4, -0.2) is 111 Å². The van der Waals surface area contributed by atoms with Crippen LogP contribution in [0.15, 0.2) is 60.7 Å². The number of carbonyl (C=O) groups is 3. The number of phenolic OH excluding ortho intramolecular Hbond substituents is 10. The number of ether oxygens (including phenoxy) is 5. The van der Waals surface area contributed by atoms with Crippen LogP contribution in [0.1, 0.15) is 31.1 Å². The molecule has 0 spiro atoms. The van der Waals surface area contributed by atoms with Crippen molar-refractivity contribution in [3.8, 4) is 63.2 Å². The van der Waals surface area contributed by atoms with E-state index in [0.29, 0.717) is 24.3 Å². The van der Waals surface area contributed by atoms with Crippen molar-refractivity contribution in [1.82, 2.24) is 0 Å². The van der Waals surface area contributed by atoms with E-state index >= 15 is 0 Å². The van der Waals surface area contributed by atoms with Crippen LogP contribution in [0.25, 0.3) is 0 Å². The summed E-state index contributed by atoms with van der Waals surface area (Å²) in [7, 11) is 0. The minimum Gasteiger partial charge on any atom is -0.508 e. The molecule has 19 nitrogen and oxygen atoms in total. The minimum absolute atomic E-state index is 0.0488. The summed E-state index contributed by atoms with van der Waals surface area (Å²) in [6.45, 7) is -0.905. The van der Waals surface area contributed by atoms with Crippen LogP contribution in [0.3, 0.4) is 0 Å². The molecule has 1 heterocycles. The molecule has 1 fully saturated rings. The van der Waals surface area contributed by atoms with Crippen molar-refractivity contribution >= 4 is 17.9 Å². The summed E-state index contributed by atoms with van der Waals surface area (Å²) in [6.07, 6.45) is -9.69. The Morgan fingerprint density at radius 3 is 1.37 bits per heavy atom. The number of aromatic hydroxyl groups is 10. The maximum atomic E-state index is 13.2. The Morgan fingerprint density at radius 1 is 0.558 bits per heavy atom. The molecule has 0 aliphatic carbocycles. The van der Waals surface area contributed by atoms with Crippen molar-refractivity contribution in [3.05, 3.63) is 77.4 Å². The quantitative estimate of drug-likeness (QED) is 0.0661. The van der Waals surface area contributed by atoms with E-state index in [-0.39, 0.29) is 11.5 Å². The van der Waals surface area contributed by atoms with Crippen molar-refractivity contribution in [2.75, 3.05) is 6.61 Å². The average molecular weight is 729 g/mol. The van der Waals surface area contributed by atoms with Gasteiger partial charge in [0.2, 0.25) is 6.29 Å². The van der Waals surface area contributed by atoms with Crippen LogP contribution < -0.4 is 4.74 Å². The fourth-order valence-corrected chi connectivity index (χ4v) is 4.84. The predicted octanol–water partition coefficient (Wildman–Crippen LogP) is 1.52. The molecule has 1 saturated heterocycles. The normalized spacial score (nSPS) is 19.7. The second-order valence-electron chi connectivity index (χ2n) is 11.1. The van der Waals surface area contributed by atoms with Gasteiger partial charge in [-0.3, -0.25) is 0 Å². The van der Waals surface area contributed by atoms with E-state index in [4.69, 9.17) is 23.7 Å². The highest BCUT2D eigenvalue weighted by molar-refractivity contribution is 5.92. The van der Waals surface area contributed by atoms with E-state index in [1.165, 1.54) is 24.3 Å². The van der Waals surface area contributed by atoms with E-state index in [9.17, 15) is 70.6 Å². The lowest BCUT2D eigenvalue weighted by atomic mass is 9.98. The number of phenols is 10. The second kappa shape index (κ2) is 14.5. The molecule has 52 heavy (non-hydrogen) atoms. The van der Waals surface area contributed by atoms with E-state index < -0.39 is 124 Å². The number of rotatable bonds is 9. The summed E-state index contributed by atoms with van der Waals surface area (Å²) in [5.74, 6) is -12.5. The highest BCUT2D eigenvalue weighted by Crippen LogP contribution is 2.39. The van der Waals surface area contributed by atoms with Crippen molar-refractivity contribution in [2.24, 2.45) is 0 Å². The van der Waals surface area contributed by atoms with Crippen LogP contribution in [0.2, 0.25) is 0 Å². The first-order valence-corrected chi connectivity index (χ1v) is 14.7. The number of carbonyl (C=O) groups excluding carboxylic acids is 3. The summed E-state index contributed by atoms with van der Waals surface area (Å²) in [4.78, 5) is 39.3. The number of hydrogen-bond donors (Lipinski definition) is 11. The molecule has 4 aromatic carbocycles. The first-order chi connectivity index (χ1) is 24.5. The van der Waals surface area contributed by atoms with E-state index in [1.807, 2.05) is 0 Å². The van der Waals surface area contributed by atoms with Gasteiger partial charge in [0, 0.05) is 0 Å². The average Bonchev–Trinajstić information content (AvgIpc) is 3.10. The lowest BCUT2D eigenvalue weighted by molar-refractivity contribution is -0.276. The van der Waals surface area contributed by atoms with Crippen molar-refractivity contribution in [3.63, 3.8) is 0 Å². The summed E-state index contributed by atoms with van der Waals surface area (Å²) in [5.41, 5.74) is -1.60. The molecule has 5 atom stereocenters. The van der Waals surface area contributed by atoms with Crippen molar-refractivity contribution < 1.29 is 94.2 Å². The SMILES string of the molecule is O=C(OCC1OC(Oc2ccc(O)cc2)C(OC(=O)c2cc(O)c(O)c(O)c2)C(O)C1OC(=O)c1cc(O)c(O)c(O)c1)c1cc(O)c(O)c(O)c1. The minimum atomic E-state index is -2.16. The molecule has 1 aliphatic heterocycles. The zero-order valence-corrected chi connectivity index (χ0v) is 26.1. The van der Waals surface area contributed by atoms with Gasteiger partial charge >= 0.3 is 17.9 Å². The fraction of sp³-hybridized carbons (Fsp3) is 0.182. The standard InChI is InChI=1S/C33H28O19/c34-15-1-3-16(4-2-15)49-33-29(52-32(47)14-9-21(39)26(43)22(40)10-14)27(44)28(51-31(46)13-7-19(37)25(42)20(38)8-13)23(50-33)11-48-30(45)12-5-17(35)24(41)18(36)6-12/h1-10,23,27-29,33-44H,11H2. The Bertz CT molecular complexity index is 1940. The molecule has 4 aromatic rings. The molecule has 5 rings (SSSR count). The van der Waals surface area contributed by atoms with Gasteiger partial charge in [-0.05, 0) is 60.7 Å². The van der Waals surface area contributed by atoms with Gasteiger partial charge in [-0.2, -0.15) is 0 Å².